The zero-order chi connectivity index (χ0) is 15.6. The number of carboxylic acid groups (broad SMARTS) is 1. The van der Waals surface area contributed by atoms with Gasteiger partial charge in [-0.05, 0) is 57.9 Å². The summed E-state index contributed by atoms with van der Waals surface area (Å²) >= 11 is 0. The lowest BCUT2D eigenvalue weighted by molar-refractivity contribution is -0.154. The summed E-state index contributed by atoms with van der Waals surface area (Å²) < 4.78 is 0. The maximum absolute atomic E-state index is 12.7. The number of aliphatic carboxylic acids is 1. The Morgan fingerprint density at radius 1 is 1.24 bits per heavy atom. The standard InChI is InChI=1S/C16H28N2O3/c1-16(2,15(20)21)12-6-4-8-18(10-12)14(19)13-7-3-5-11(13)9-17/h11-13H,3-10,17H2,1-2H3,(H,20,21). The average Bonchev–Trinajstić information content (AvgIpc) is 2.94. The molecule has 21 heavy (non-hydrogen) atoms. The number of piperidine rings is 1. The summed E-state index contributed by atoms with van der Waals surface area (Å²) in [7, 11) is 0. The molecule has 1 heterocycles. The van der Waals surface area contributed by atoms with Gasteiger partial charge in [0.25, 0.3) is 0 Å². The van der Waals surface area contributed by atoms with E-state index >= 15 is 0 Å². The Labute approximate surface area is 126 Å². The lowest BCUT2D eigenvalue weighted by atomic mass is 9.74. The van der Waals surface area contributed by atoms with E-state index in [-0.39, 0.29) is 17.7 Å². The van der Waals surface area contributed by atoms with E-state index in [0.717, 1.165) is 38.6 Å². The quantitative estimate of drug-likeness (QED) is 0.827. The maximum atomic E-state index is 12.7. The molecule has 1 saturated carbocycles. The second-order valence-corrected chi connectivity index (χ2v) is 7.18. The smallest absolute Gasteiger partial charge is 0.309 e. The van der Waals surface area contributed by atoms with E-state index in [4.69, 9.17) is 5.73 Å². The summed E-state index contributed by atoms with van der Waals surface area (Å²) in [5.74, 6) is -0.172. The first-order valence-corrected chi connectivity index (χ1v) is 8.10. The normalized spacial score (nSPS) is 30.4. The Balaban J connectivity index is 2.04. The highest BCUT2D eigenvalue weighted by Crippen LogP contribution is 2.37. The fraction of sp³-hybridized carbons (Fsp3) is 0.875. The van der Waals surface area contributed by atoms with E-state index in [1.807, 2.05) is 4.90 Å². The van der Waals surface area contributed by atoms with Crippen molar-refractivity contribution in [2.45, 2.75) is 46.0 Å². The molecular formula is C16H28N2O3. The molecule has 1 saturated heterocycles. The van der Waals surface area contributed by atoms with E-state index < -0.39 is 11.4 Å². The van der Waals surface area contributed by atoms with Crippen LogP contribution in [0.25, 0.3) is 0 Å². The number of carbonyl (C=O) groups excluding carboxylic acids is 1. The number of hydrogen-bond donors (Lipinski definition) is 2. The molecule has 120 valence electrons. The number of carbonyl (C=O) groups is 2. The molecule has 3 unspecified atom stereocenters. The van der Waals surface area contributed by atoms with Gasteiger partial charge < -0.3 is 15.7 Å². The van der Waals surface area contributed by atoms with E-state index in [1.54, 1.807) is 13.8 Å². The molecule has 0 aromatic carbocycles. The topological polar surface area (TPSA) is 83.6 Å². The van der Waals surface area contributed by atoms with Crippen molar-refractivity contribution >= 4 is 11.9 Å². The summed E-state index contributed by atoms with van der Waals surface area (Å²) in [5, 5.41) is 9.39. The van der Waals surface area contributed by atoms with Crippen molar-refractivity contribution in [3.8, 4) is 0 Å². The molecule has 5 nitrogen and oxygen atoms in total. The molecule has 1 amide bonds. The third-order valence-electron chi connectivity index (χ3n) is 5.58. The van der Waals surface area contributed by atoms with Crippen LogP contribution in [0.1, 0.15) is 46.0 Å². The number of likely N-dealkylation sites (tertiary alicyclic amines) is 1. The van der Waals surface area contributed by atoms with Crippen molar-refractivity contribution in [1.82, 2.24) is 4.90 Å². The summed E-state index contributed by atoms with van der Waals surface area (Å²) in [6.45, 7) is 5.46. The molecule has 0 radical (unpaired) electrons. The number of carboxylic acids is 1. The van der Waals surface area contributed by atoms with Gasteiger partial charge >= 0.3 is 5.97 Å². The van der Waals surface area contributed by atoms with Gasteiger partial charge in [0.2, 0.25) is 5.91 Å². The lowest BCUT2D eigenvalue weighted by Gasteiger charge is -2.40. The molecule has 2 rings (SSSR count). The zero-order valence-corrected chi connectivity index (χ0v) is 13.2. The summed E-state index contributed by atoms with van der Waals surface area (Å²) in [5.41, 5.74) is 5.00. The van der Waals surface area contributed by atoms with Gasteiger partial charge in [0.05, 0.1) is 5.41 Å². The van der Waals surface area contributed by atoms with E-state index in [2.05, 4.69) is 0 Å². The fourth-order valence-electron chi connectivity index (χ4n) is 3.82. The molecule has 5 heteroatoms. The first-order chi connectivity index (χ1) is 9.87. The van der Waals surface area contributed by atoms with Gasteiger partial charge in [-0.1, -0.05) is 6.42 Å². The lowest BCUT2D eigenvalue weighted by Crippen LogP contribution is -2.49. The second-order valence-electron chi connectivity index (χ2n) is 7.18. The first kappa shape index (κ1) is 16.3. The molecule has 0 aromatic rings. The van der Waals surface area contributed by atoms with Gasteiger partial charge in [-0.2, -0.15) is 0 Å². The number of nitrogens with two attached hydrogens (primary N) is 1. The highest BCUT2D eigenvalue weighted by atomic mass is 16.4. The van der Waals surface area contributed by atoms with Crippen molar-refractivity contribution in [3.63, 3.8) is 0 Å². The number of hydrogen-bond acceptors (Lipinski definition) is 3. The van der Waals surface area contributed by atoms with Gasteiger partial charge in [0.15, 0.2) is 0 Å². The van der Waals surface area contributed by atoms with Crippen molar-refractivity contribution in [1.29, 1.82) is 0 Å². The Bertz CT molecular complexity index is 408. The summed E-state index contributed by atoms with van der Waals surface area (Å²) in [6.07, 6.45) is 4.84. The minimum atomic E-state index is -0.776. The van der Waals surface area contributed by atoms with Crippen molar-refractivity contribution in [2.24, 2.45) is 28.9 Å². The van der Waals surface area contributed by atoms with E-state index in [9.17, 15) is 14.7 Å². The van der Waals surface area contributed by atoms with Crippen molar-refractivity contribution in [3.05, 3.63) is 0 Å². The van der Waals surface area contributed by atoms with Gasteiger partial charge in [0.1, 0.15) is 0 Å². The van der Waals surface area contributed by atoms with E-state index in [0.29, 0.717) is 19.0 Å². The van der Waals surface area contributed by atoms with E-state index in [1.165, 1.54) is 0 Å². The predicted octanol–water partition coefficient (Wildman–Crippen LogP) is 1.71. The Kier molecular flexibility index (Phi) is 4.91. The SMILES string of the molecule is CC(C)(C(=O)O)C1CCCN(C(=O)C2CCCC2CN)C1. The minimum Gasteiger partial charge on any atom is -0.481 e. The average molecular weight is 296 g/mol. The van der Waals surface area contributed by atoms with Crippen LogP contribution >= 0.6 is 0 Å². The first-order valence-electron chi connectivity index (χ1n) is 8.10. The van der Waals surface area contributed by atoms with Crippen LogP contribution in [-0.4, -0.2) is 41.5 Å². The second kappa shape index (κ2) is 6.34. The largest absolute Gasteiger partial charge is 0.481 e. The Morgan fingerprint density at radius 3 is 2.57 bits per heavy atom. The molecular weight excluding hydrogens is 268 g/mol. The van der Waals surface area contributed by atoms with Crippen molar-refractivity contribution in [2.75, 3.05) is 19.6 Å². The number of amides is 1. The Morgan fingerprint density at radius 2 is 1.95 bits per heavy atom. The molecule has 2 fully saturated rings. The van der Waals surface area contributed by atoms with Crippen LogP contribution in [0.2, 0.25) is 0 Å². The van der Waals surface area contributed by atoms with Gasteiger partial charge in [0, 0.05) is 19.0 Å². The minimum absolute atomic E-state index is 0.0328. The van der Waals surface area contributed by atoms with Crippen molar-refractivity contribution < 1.29 is 14.7 Å². The van der Waals surface area contributed by atoms with Crippen LogP contribution in [0, 0.1) is 23.2 Å². The fourth-order valence-corrected chi connectivity index (χ4v) is 3.82. The van der Waals surface area contributed by atoms with Crippen LogP contribution in [-0.2, 0) is 9.59 Å². The van der Waals surface area contributed by atoms with Crippen LogP contribution in [0.3, 0.4) is 0 Å². The third-order valence-corrected chi connectivity index (χ3v) is 5.58. The van der Waals surface area contributed by atoms with Gasteiger partial charge in [-0.3, -0.25) is 9.59 Å². The monoisotopic (exact) mass is 296 g/mol. The van der Waals surface area contributed by atoms with Crippen LogP contribution in [0.15, 0.2) is 0 Å². The predicted molar refractivity (Wildman–Crippen MR) is 80.6 cm³/mol. The number of rotatable bonds is 4. The van der Waals surface area contributed by atoms with Gasteiger partial charge in [-0.15, -0.1) is 0 Å². The Hall–Kier alpha value is -1.10. The molecule has 2 aliphatic rings. The molecule has 1 aliphatic carbocycles. The van der Waals surface area contributed by atoms with Gasteiger partial charge in [-0.25, -0.2) is 0 Å². The highest BCUT2D eigenvalue weighted by Gasteiger charge is 2.42. The third kappa shape index (κ3) is 3.23. The molecule has 0 aromatic heterocycles. The highest BCUT2D eigenvalue weighted by molar-refractivity contribution is 5.80. The van der Waals surface area contributed by atoms with Crippen LogP contribution in [0.4, 0.5) is 0 Å². The molecule has 0 spiro atoms. The van der Waals surface area contributed by atoms with Crippen LogP contribution < -0.4 is 5.73 Å². The maximum Gasteiger partial charge on any atom is 0.309 e. The molecule has 3 N–H and O–H groups in total. The summed E-state index contributed by atoms with van der Waals surface area (Å²) in [6, 6.07) is 0. The van der Waals surface area contributed by atoms with Crippen LogP contribution in [0.5, 0.6) is 0 Å². The summed E-state index contributed by atoms with van der Waals surface area (Å²) in [4.78, 5) is 26.1. The molecule has 0 bridgehead atoms. The molecule has 3 atom stereocenters. The number of nitrogens with zero attached hydrogens (tertiary/aromatic N) is 1. The molecule has 1 aliphatic heterocycles. The zero-order valence-electron chi connectivity index (χ0n) is 13.2.